The molecule has 1 aromatic heterocycles. The molecule has 0 N–H and O–H groups in total. The van der Waals surface area contributed by atoms with E-state index in [1.807, 2.05) is 13.8 Å². The van der Waals surface area contributed by atoms with E-state index in [1.165, 1.54) is 6.20 Å². The lowest BCUT2D eigenvalue weighted by molar-refractivity contribution is -0.142. The average molecular weight is 235 g/mol. The molecule has 0 unspecified atom stereocenters. The molecule has 0 aliphatic rings. The zero-order valence-corrected chi connectivity index (χ0v) is 9.27. The maximum absolute atomic E-state index is 12.1. The van der Waals surface area contributed by atoms with Crippen LogP contribution in [0, 0.1) is 0 Å². The van der Waals surface area contributed by atoms with Crippen molar-refractivity contribution in [1.29, 1.82) is 0 Å². The van der Waals surface area contributed by atoms with Crippen molar-refractivity contribution in [3.63, 3.8) is 0 Å². The fraction of sp³-hybridized carbons (Fsp3) is 0.778. The van der Waals surface area contributed by atoms with Crippen LogP contribution in [0.2, 0.25) is 0 Å². The first-order chi connectivity index (χ1) is 7.67. The van der Waals surface area contributed by atoms with E-state index in [4.69, 9.17) is 9.47 Å². The highest BCUT2D eigenvalue weighted by atomic mass is 19.3. The number of alkyl halides is 2. The summed E-state index contributed by atoms with van der Waals surface area (Å²) in [6.45, 7) is 4.06. The van der Waals surface area contributed by atoms with Crippen LogP contribution in [-0.2, 0) is 16.0 Å². The number of rotatable bonds is 7. The number of halogens is 2. The second-order valence-corrected chi connectivity index (χ2v) is 3.00. The van der Waals surface area contributed by atoms with E-state index < -0.39 is 19.3 Å². The molecule has 0 amide bonds. The van der Waals surface area contributed by atoms with Gasteiger partial charge < -0.3 is 9.47 Å². The fourth-order valence-corrected chi connectivity index (χ4v) is 1.17. The molecule has 0 radical (unpaired) electrons. The quantitative estimate of drug-likeness (QED) is 0.674. The second kappa shape index (κ2) is 6.49. The molecule has 0 spiro atoms. The van der Waals surface area contributed by atoms with Crippen LogP contribution >= 0.6 is 0 Å². The van der Waals surface area contributed by atoms with Crippen LogP contribution in [0.1, 0.15) is 25.8 Å². The fourth-order valence-electron chi connectivity index (χ4n) is 1.17. The topological polar surface area (TPSA) is 49.2 Å². The molecule has 0 atom stereocenters. The third kappa shape index (κ3) is 3.82. The predicted octanol–water partition coefficient (Wildman–Crippen LogP) is 1.61. The van der Waals surface area contributed by atoms with Gasteiger partial charge in [-0.15, -0.1) is 5.10 Å². The monoisotopic (exact) mass is 235 g/mol. The lowest BCUT2D eigenvalue weighted by Gasteiger charge is -2.13. The summed E-state index contributed by atoms with van der Waals surface area (Å²) >= 11 is 0. The van der Waals surface area contributed by atoms with Gasteiger partial charge in [0.2, 0.25) is 6.29 Å². The van der Waals surface area contributed by atoms with Gasteiger partial charge in [-0.2, -0.15) is 0 Å². The largest absolute Gasteiger partial charge is 0.347 e. The highest BCUT2D eigenvalue weighted by molar-refractivity contribution is 4.94. The Labute approximate surface area is 92.3 Å². The summed E-state index contributed by atoms with van der Waals surface area (Å²) in [6.07, 6.45) is -1.68. The van der Waals surface area contributed by atoms with Gasteiger partial charge in [-0.1, -0.05) is 5.21 Å². The lowest BCUT2D eigenvalue weighted by Crippen LogP contribution is -2.09. The van der Waals surface area contributed by atoms with Gasteiger partial charge in [0.15, 0.2) is 0 Å². The van der Waals surface area contributed by atoms with Crippen LogP contribution in [0.15, 0.2) is 6.20 Å². The summed E-state index contributed by atoms with van der Waals surface area (Å²) in [5, 5.41) is 7.30. The van der Waals surface area contributed by atoms with Gasteiger partial charge in [0.25, 0.3) is 6.43 Å². The first-order valence-electron chi connectivity index (χ1n) is 5.08. The summed E-state index contributed by atoms with van der Waals surface area (Å²) in [5.41, 5.74) is 0.407. The van der Waals surface area contributed by atoms with Crippen molar-refractivity contribution in [2.24, 2.45) is 0 Å². The van der Waals surface area contributed by atoms with E-state index in [9.17, 15) is 8.78 Å². The summed E-state index contributed by atoms with van der Waals surface area (Å²) < 4.78 is 35.7. The van der Waals surface area contributed by atoms with Gasteiger partial charge >= 0.3 is 0 Å². The normalized spacial score (nSPS) is 11.6. The molecule has 7 heteroatoms. The summed E-state index contributed by atoms with van der Waals surface area (Å²) in [5.74, 6) is 0. The maximum Gasteiger partial charge on any atom is 0.257 e. The van der Waals surface area contributed by atoms with Crippen molar-refractivity contribution in [2.75, 3.05) is 13.2 Å². The van der Waals surface area contributed by atoms with E-state index in [0.29, 0.717) is 18.9 Å². The smallest absolute Gasteiger partial charge is 0.257 e. The molecule has 16 heavy (non-hydrogen) atoms. The van der Waals surface area contributed by atoms with Crippen LogP contribution in [0.5, 0.6) is 0 Å². The van der Waals surface area contributed by atoms with Gasteiger partial charge in [0.1, 0.15) is 12.2 Å². The number of aromatic nitrogens is 3. The predicted molar refractivity (Wildman–Crippen MR) is 52.0 cm³/mol. The first kappa shape index (κ1) is 13.0. The average Bonchev–Trinajstić information content (AvgIpc) is 2.65. The van der Waals surface area contributed by atoms with Crippen molar-refractivity contribution < 1.29 is 18.3 Å². The molecule has 92 valence electrons. The van der Waals surface area contributed by atoms with Crippen molar-refractivity contribution >= 4 is 0 Å². The number of ether oxygens (including phenoxy) is 2. The zero-order valence-electron chi connectivity index (χ0n) is 9.27. The molecular formula is C9H15F2N3O2. The molecule has 0 aromatic carbocycles. The van der Waals surface area contributed by atoms with E-state index >= 15 is 0 Å². The van der Waals surface area contributed by atoms with Gasteiger partial charge in [-0.3, -0.25) is 0 Å². The minimum atomic E-state index is -2.45. The molecule has 0 fully saturated rings. The van der Waals surface area contributed by atoms with Crippen molar-refractivity contribution in [2.45, 2.75) is 33.1 Å². The zero-order chi connectivity index (χ0) is 12.0. The van der Waals surface area contributed by atoms with E-state index in [-0.39, 0.29) is 0 Å². The van der Waals surface area contributed by atoms with Crippen molar-refractivity contribution in [3.8, 4) is 0 Å². The van der Waals surface area contributed by atoms with E-state index in [0.717, 1.165) is 4.68 Å². The van der Waals surface area contributed by atoms with Crippen molar-refractivity contribution in [1.82, 2.24) is 15.0 Å². The van der Waals surface area contributed by atoms with E-state index in [2.05, 4.69) is 10.3 Å². The highest BCUT2D eigenvalue weighted by Gasteiger charge is 2.16. The van der Waals surface area contributed by atoms with Crippen LogP contribution in [0.25, 0.3) is 0 Å². The molecule has 1 aromatic rings. The summed E-state index contributed by atoms with van der Waals surface area (Å²) in [6, 6.07) is 0. The minimum absolute atomic E-state index is 0.407. The number of nitrogens with zero attached hydrogens (tertiary/aromatic N) is 3. The SMILES string of the molecule is CCOC(OCC)c1cn(CC(F)F)nn1. The Morgan fingerprint density at radius 2 is 1.94 bits per heavy atom. The molecule has 0 aliphatic carbocycles. The summed E-state index contributed by atoms with van der Waals surface area (Å²) in [4.78, 5) is 0. The Morgan fingerprint density at radius 3 is 2.44 bits per heavy atom. The van der Waals surface area contributed by atoms with E-state index in [1.54, 1.807) is 0 Å². The second-order valence-electron chi connectivity index (χ2n) is 3.00. The van der Waals surface area contributed by atoms with Crippen molar-refractivity contribution in [3.05, 3.63) is 11.9 Å². The third-order valence-electron chi connectivity index (χ3n) is 1.76. The number of hydrogen-bond acceptors (Lipinski definition) is 4. The van der Waals surface area contributed by atoms with Crippen LogP contribution < -0.4 is 0 Å². The van der Waals surface area contributed by atoms with Crippen LogP contribution in [-0.4, -0.2) is 34.6 Å². The number of hydrogen-bond donors (Lipinski definition) is 0. The Morgan fingerprint density at radius 1 is 1.31 bits per heavy atom. The molecule has 1 heterocycles. The molecule has 0 aliphatic heterocycles. The molecule has 1 rings (SSSR count). The maximum atomic E-state index is 12.1. The van der Waals surface area contributed by atoms with Gasteiger partial charge in [-0.05, 0) is 13.8 Å². The molecule has 0 saturated heterocycles. The molecular weight excluding hydrogens is 220 g/mol. The highest BCUT2D eigenvalue weighted by Crippen LogP contribution is 2.15. The lowest BCUT2D eigenvalue weighted by atomic mass is 10.4. The minimum Gasteiger partial charge on any atom is -0.347 e. The third-order valence-corrected chi connectivity index (χ3v) is 1.76. The molecule has 0 saturated carbocycles. The van der Waals surface area contributed by atoms with Gasteiger partial charge in [-0.25, -0.2) is 13.5 Å². The molecule has 5 nitrogen and oxygen atoms in total. The molecule has 0 bridgehead atoms. The standard InChI is InChI=1S/C9H15F2N3O2/c1-3-15-9(16-4-2)7-5-14(13-12-7)6-8(10)11/h5,8-9H,3-4,6H2,1-2H3. The summed E-state index contributed by atoms with van der Waals surface area (Å²) in [7, 11) is 0. The Kier molecular flexibility index (Phi) is 5.27. The Hall–Kier alpha value is -1.08. The van der Waals surface area contributed by atoms with Crippen LogP contribution in [0.3, 0.4) is 0 Å². The van der Waals surface area contributed by atoms with Gasteiger partial charge in [0, 0.05) is 13.2 Å². The Bertz CT molecular complexity index is 301. The first-order valence-corrected chi connectivity index (χ1v) is 5.08. The Balaban J connectivity index is 2.65. The van der Waals surface area contributed by atoms with Crippen LogP contribution in [0.4, 0.5) is 8.78 Å². The van der Waals surface area contributed by atoms with Gasteiger partial charge in [0.05, 0.1) is 6.20 Å².